The molecule has 2 aliphatic heterocycles. The van der Waals surface area contributed by atoms with E-state index in [9.17, 15) is 4.79 Å². The Bertz CT molecular complexity index is 540. The lowest BCUT2D eigenvalue weighted by Crippen LogP contribution is -2.51. The van der Waals surface area contributed by atoms with Crippen LogP contribution in [0, 0.1) is 0 Å². The number of hydrogen-bond donors (Lipinski definition) is 2. The molecule has 2 heterocycles. The van der Waals surface area contributed by atoms with E-state index in [2.05, 4.69) is 26.5 Å². The molecule has 1 atom stereocenters. The van der Waals surface area contributed by atoms with Crippen LogP contribution >= 0.6 is 11.6 Å². The monoisotopic (exact) mass is 350 g/mol. The second kappa shape index (κ2) is 8.70. The summed E-state index contributed by atoms with van der Waals surface area (Å²) in [5.41, 5.74) is 1.19. The maximum absolute atomic E-state index is 12.1. The number of nitrogens with zero attached hydrogens (tertiary/aromatic N) is 2. The van der Waals surface area contributed by atoms with Gasteiger partial charge in [-0.1, -0.05) is 24.1 Å². The van der Waals surface area contributed by atoms with E-state index >= 15 is 0 Å². The van der Waals surface area contributed by atoms with Crippen LogP contribution in [0.15, 0.2) is 24.3 Å². The summed E-state index contributed by atoms with van der Waals surface area (Å²) >= 11 is 6.07. The van der Waals surface area contributed by atoms with Crippen molar-refractivity contribution >= 4 is 23.2 Å². The minimum absolute atomic E-state index is 0.0124. The number of nitrogens with one attached hydrogen (secondary N) is 2. The van der Waals surface area contributed by atoms with Gasteiger partial charge >= 0.3 is 0 Å². The average Bonchev–Trinajstić information content (AvgIpc) is 2.63. The van der Waals surface area contributed by atoms with Crippen molar-refractivity contribution in [3.63, 3.8) is 0 Å². The molecule has 132 valence electrons. The number of carbonyl (C=O) groups is 1. The van der Waals surface area contributed by atoms with Crippen LogP contribution in [-0.4, -0.2) is 62.7 Å². The van der Waals surface area contributed by atoms with E-state index in [-0.39, 0.29) is 11.9 Å². The molecule has 5 nitrogen and oxygen atoms in total. The van der Waals surface area contributed by atoms with Crippen LogP contribution in [-0.2, 0) is 4.79 Å². The minimum atomic E-state index is 0.0124. The maximum Gasteiger partial charge on any atom is 0.237 e. The van der Waals surface area contributed by atoms with Crippen molar-refractivity contribution in [2.45, 2.75) is 25.3 Å². The highest BCUT2D eigenvalue weighted by Gasteiger charge is 2.21. The number of piperidine rings is 1. The first kappa shape index (κ1) is 17.5. The lowest BCUT2D eigenvalue weighted by atomic mass is 10.0. The second-order valence-corrected chi connectivity index (χ2v) is 7.04. The van der Waals surface area contributed by atoms with E-state index in [1.54, 1.807) is 0 Å². The van der Waals surface area contributed by atoms with Crippen LogP contribution in [0.5, 0.6) is 0 Å². The highest BCUT2D eigenvalue weighted by Crippen LogP contribution is 2.20. The number of halogens is 1. The average molecular weight is 351 g/mol. The Balaban J connectivity index is 1.36. The van der Waals surface area contributed by atoms with E-state index in [0.29, 0.717) is 0 Å². The zero-order valence-corrected chi connectivity index (χ0v) is 14.9. The van der Waals surface area contributed by atoms with Gasteiger partial charge in [-0.25, -0.2) is 0 Å². The number of benzene rings is 1. The summed E-state index contributed by atoms with van der Waals surface area (Å²) in [6, 6.07) is 8.05. The first-order valence-electron chi connectivity index (χ1n) is 8.96. The summed E-state index contributed by atoms with van der Waals surface area (Å²) < 4.78 is 0. The number of hydrogen-bond acceptors (Lipinski definition) is 4. The molecule has 0 spiro atoms. The molecule has 0 unspecified atom stereocenters. The number of rotatable bonds is 5. The Kier molecular flexibility index (Phi) is 6.35. The van der Waals surface area contributed by atoms with Crippen LogP contribution in [0.25, 0.3) is 0 Å². The first-order valence-corrected chi connectivity index (χ1v) is 9.34. The largest absolute Gasteiger partial charge is 0.369 e. The molecule has 24 heavy (non-hydrogen) atoms. The molecule has 2 aliphatic rings. The van der Waals surface area contributed by atoms with Crippen LogP contribution < -0.4 is 15.5 Å². The third-order valence-electron chi connectivity index (χ3n) is 4.90. The van der Waals surface area contributed by atoms with Gasteiger partial charge in [-0.15, -0.1) is 0 Å². The molecule has 2 saturated heterocycles. The summed E-state index contributed by atoms with van der Waals surface area (Å²) in [5.74, 6) is 0.160. The molecular weight excluding hydrogens is 324 g/mol. The lowest BCUT2D eigenvalue weighted by Gasteiger charge is -2.36. The number of carbonyl (C=O) groups excluding carboxylic acids is 1. The van der Waals surface area contributed by atoms with E-state index in [1.807, 2.05) is 18.2 Å². The van der Waals surface area contributed by atoms with Gasteiger partial charge in [0.15, 0.2) is 0 Å². The van der Waals surface area contributed by atoms with Gasteiger partial charge in [0.25, 0.3) is 0 Å². The molecule has 0 bridgehead atoms. The van der Waals surface area contributed by atoms with E-state index in [0.717, 1.165) is 63.7 Å². The molecule has 1 amide bonds. The summed E-state index contributed by atoms with van der Waals surface area (Å²) in [7, 11) is 0. The van der Waals surface area contributed by atoms with E-state index in [1.165, 1.54) is 12.1 Å². The maximum atomic E-state index is 12.1. The number of amides is 1. The van der Waals surface area contributed by atoms with Crippen molar-refractivity contribution in [1.29, 1.82) is 0 Å². The first-order chi connectivity index (χ1) is 11.7. The quantitative estimate of drug-likeness (QED) is 0.849. The van der Waals surface area contributed by atoms with Gasteiger partial charge in [-0.3, -0.25) is 9.69 Å². The van der Waals surface area contributed by atoms with Gasteiger partial charge in [0.1, 0.15) is 0 Å². The second-order valence-electron chi connectivity index (χ2n) is 6.60. The number of anilines is 1. The number of piperazine rings is 1. The Morgan fingerprint density at radius 3 is 2.79 bits per heavy atom. The predicted octanol–water partition coefficient (Wildman–Crippen LogP) is 1.72. The van der Waals surface area contributed by atoms with Crippen LogP contribution in [0.2, 0.25) is 5.02 Å². The molecule has 0 saturated carbocycles. The Labute approximate surface area is 149 Å². The van der Waals surface area contributed by atoms with Gasteiger partial charge in [0, 0.05) is 50.0 Å². The fourth-order valence-corrected chi connectivity index (χ4v) is 3.62. The fourth-order valence-electron chi connectivity index (χ4n) is 3.44. The zero-order valence-electron chi connectivity index (χ0n) is 14.1. The lowest BCUT2D eigenvalue weighted by molar-refractivity contribution is -0.123. The summed E-state index contributed by atoms with van der Waals surface area (Å²) in [4.78, 5) is 16.9. The Hall–Kier alpha value is -1.30. The Morgan fingerprint density at radius 2 is 2.08 bits per heavy atom. The van der Waals surface area contributed by atoms with Crippen LogP contribution in [0.1, 0.15) is 19.3 Å². The molecule has 6 heteroatoms. The fraction of sp³-hybridized carbons (Fsp3) is 0.611. The van der Waals surface area contributed by atoms with Crippen molar-refractivity contribution in [1.82, 2.24) is 15.5 Å². The van der Waals surface area contributed by atoms with Crippen molar-refractivity contribution in [3.05, 3.63) is 29.3 Å². The van der Waals surface area contributed by atoms with E-state index < -0.39 is 0 Å². The predicted molar refractivity (Wildman–Crippen MR) is 98.8 cm³/mol. The molecule has 1 aromatic carbocycles. The highest BCUT2D eigenvalue weighted by atomic mass is 35.5. The molecule has 0 aliphatic carbocycles. The Morgan fingerprint density at radius 1 is 1.25 bits per heavy atom. The third-order valence-corrected chi connectivity index (χ3v) is 5.13. The zero-order chi connectivity index (χ0) is 16.8. The van der Waals surface area contributed by atoms with Gasteiger partial charge in [0.2, 0.25) is 5.91 Å². The normalized spacial score (nSPS) is 22.4. The van der Waals surface area contributed by atoms with Crippen molar-refractivity contribution in [2.75, 3.05) is 50.7 Å². The van der Waals surface area contributed by atoms with Crippen molar-refractivity contribution in [2.24, 2.45) is 0 Å². The topological polar surface area (TPSA) is 47.6 Å². The standard InChI is InChI=1S/C18H27ClN4O/c19-15-4-3-5-16(14-15)23-12-10-22(11-13-23)9-8-21-18(24)17-6-1-2-7-20-17/h3-5,14,17,20H,1-2,6-13H2,(H,21,24)/t17-/m1/s1. The van der Waals surface area contributed by atoms with Gasteiger partial charge in [-0.05, 0) is 37.6 Å². The van der Waals surface area contributed by atoms with Crippen molar-refractivity contribution in [3.8, 4) is 0 Å². The summed E-state index contributed by atoms with van der Waals surface area (Å²) in [6.45, 7) is 6.64. The van der Waals surface area contributed by atoms with Gasteiger partial charge in [-0.2, -0.15) is 0 Å². The van der Waals surface area contributed by atoms with Crippen molar-refractivity contribution < 1.29 is 4.79 Å². The van der Waals surface area contributed by atoms with Gasteiger partial charge < -0.3 is 15.5 Å². The molecular formula is C18H27ClN4O. The van der Waals surface area contributed by atoms with Crippen LogP contribution in [0.3, 0.4) is 0 Å². The highest BCUT2D eigenvalue weighted by molar-refractivity contribution is 6.30. The molecule has 3 rings (SSSR count). The minimum Gasteiger partial charge on any atom is -0.369 e. The summed E-state index contributed by atoms with van der Waals surface area (Å²) in [6.07, 6.45) is 3.29. The molecule has 0 aromatic heterocycles. The third kappa shape index (κ3) is 4.85. The van der Waals surface area contributed by atoms with E-state index in [4.69, 9.17) is 11.6 Å². The molecule has 0 radical (unpaired) electrons. The molecule has 2 N–H and O–H groups in total. The molecule has 1 aromatic rings. The summed E-state index contributed by atoms with van der Waals surface area (Å²) in [5, 5.41) is 7.15. The van der Waals surface area contributed by atoms with Gasteiger partial charge in [0.05, 0.1) is 6.04 Å². The smallest absolute Gasteiger partial charge is 0.237 e. The SMILES string of the molecule is O=C(NCCN1CCN(c2cccc(Cl)c2)CC1)[C@H]1CCCCN1. The molecule has 2 fully saturated rings. The van der Waals surface area contributed by atoms with Crippen LogP contribution in [0.4, 0.5) is 5.69 Å².